The molecule has 1 aliphatic rings. The molecule has 12 heteroatoms. The highest BCUT2D eigenvalue weighted by Crippen LogP contribution is 2.26. The van der Waals surface area contributed by atoms with Gasteiger partial charge in [-0.15, -0.1) is 0 Å². The van der Waals surface area contributed by atoms with Crippen molar-refractivity contribution in [3.05, 3.63) is 128 Å². The molecular formula is C42H50Cl2N8O2. The van der Waals surface area contributed by atoms with E-state index in [9.17, 15) is 10.2 Å². The van der Waals surface area contributed by atoms with Crippen molar-refractivity contribution in [3.8, 4) is 11.5 Å². The molecule has 0 radical (unpaired) electrons. The number of hydrogen-bond acceptors (Lipinski definition) is 10. The Morgan fingerprint density at radius 2 is 0.815 bits per heavy atom. The van der Waals surface area contributed by atoms with Crippen LogP contribution in [0.25, 0.3) is 0 Å². The number of fused-ring (bicyclic) bond motifs is 4. The van der Waals surface area contributed by atoms with Crippen molar-refractivity contribution < 1.29 is 10.2 Å². The molecule has 5 rings (SSSR count). The molecular weight excluding hydrogens is 719 g/mol. The number of rotatable bonds is 10. The van der Waals surface area contributed by atoms with Crippen LogP contribution in [-0.4, -0.2) is 123 Å². The molecule has 1 aliphatic heterocycles. The van der Waals surface area contributed by atoms with Crippen LogP contribution in [0.2, 0.25) is 10.0 Å². The molecule has 0 aliphatic carbocycles. The second-order valence-corrected chi connectivity index (χ2v) is 13.9. The third-order valence-corrected chi connectivity index (χ3v) is 9.36. The van der Waals surface area contributed by atoms with E-state index in [2.05, 4.69) is 64.7 Å². The van der Waals surface area contributed by atoms with Crippen molar-refractivity contribution in [1.82, 2.24) is 20.4 Å². The van der Waals surface area contributed by atoms with Crippen LogP contribution in [0.1, 0.15) is 33.4 Å². The zero-order chi connectivity index (χ0) is 37.8. The maximum atomic E-state index is 11.1. The second kappa shape index (κ2) is 22.7. The number of phenolic OH excluding ortho intramolecular Hbond substituents is 2. The lowest BCUT2D eigenvalue weighted by Crippen LogP contribution is -2.35. The molecule has 0 fully saturated rings. The van der Waals surface area contributed by atoms with Crippen molar-refractivity contribution in [2.45, 2.75) is 13.1 Å². The normalized spacial score (nSPS) is 15.3. The van der Waals surface area contributed by atoms with Crippen LogP contribution in [0.15, 0.2) is 105 Å². The molecule has 4 aromatic rings. The van der Waals surface area contributed by atoms with Gasteiger partial charge in [-0.2, -0.15) is 0 Å². The van der Waals surface area contributed by atoms with Gasteiger partial charge >= 0.3 is 0 Å². The Balaban J connectivity index is 1.29. The molecule has 0 aromatic heterocycles. The molecule has 0 atom stereocenters. The smallest absolute Gasteiger partial charge is 0.133 e. The van der Waals surface area contributed by atoms with Gasteiger partial charge in [0.05, 0.1) is 26.2 Å². The van der Waals surface area contributed by atoms with Crippen LogP contribution in [0, 0.1) is 0 Å². The van der Waals surface area contributed by atoms with Crippen molar-refractivity contribution in [3.63, 3.8) is 0 Å². The maximum Gasteiger partial charge on any atom is 0.133 e. The number of halogens is 2. The van der Waals surface area contributed by atoms with Crippen LogP contribution >= 0.6 is 23.2 Å². The summed E-state index contributed by atoms with van der Waals surface area (Å²) in [6.45, 7) is 9.59. The van der Waals surface area contributed by atoms with Gasteiger partial charge in [-0.25, -0.2) is 0 Å². The van der Waals surface area contributed by atoms with Gasteiger partial charge in [-0.1, -0.05) is 83.9 Å². The fraction of sp³-hybridized carbons (Fsp3) is 0.333. The molecule has 54 heavy (non-hydrogen) atoms. The highest BCUT2D eigenvalue weighted by molar-refractivity contribution is 6.31. The number of aliphatic imine (C=N–C) groups is 4. The first-order valence-electron chi connectivity index (χ1n) is 18.4. The largest absolute Gasteiger partial charge is 0.507 e. The molecule has 1 heterocycles. The van der Waals surface area contributed by atoms with Gasteiger partial charge in [-0.05, 0) is 35.4 Å². The quantitative estimate of drug-likeness (QED) is 0.148. The van der Waals surface area contributed by atoms with Crippen LogP contribution in [-0.2, 0) is 13.1 Å². The molecule has 0 unspecified atom stereocenters. The van der Waals surface area contributed by atoms with Gasteiger partial charge in [0.2, 0.25) is 0 Å². The minimum atomic E-state index is 0.0977. The third kappa shape index (κ3) is 14.1. The Hall–Kier alpha value is -4.42. The van der Waals surface area contributed by atoms with Gasteiger partial charge in [0.1, 0.15) is 11.5 Å². The van der Waals surface area contributed by atoms with Crippen molar-refractivity contribution in [2.24, 2.45) is 20.0 Å². The Bertz CT molecular complexity index is 1640. The van der Waals surface area contributed by atoms with Crippen molar-refractivity contribution in [2.75, 3.05) is 78.5 Å². The van der Waals surface area contributed by atoms with E-state index in [1.165, 1.54) is 11.1 Å². The number of nitrogens with zero attached hydrogens (tertiary/aromatic N) is 6. The average Bonchev–Trinajstić information content (AvgIpc) is 3.18. The van der Waals surface area contributed by atoms with E-state index in [1.807, 2.05) is 36.4 Å². The summed E-state index contributed by atoms with van der Waals surface area (Å²) in [5, 5.41) is 30.2. The minimum absolute atomic E-state index is 0.0977. The third-order valence-electron chi connectivity index (χ3n) is 8.92. The Kier molecular flexibility index (Phi) is 17.1. The molecule has 284 valence electrons. The highest BCUT2D eigenvalue weighted by Gasteiger charge is 2.10. The summed E-state index contributed by atoms with van der Waals surface area (Å²) in [6, 6.07) is 27.5. The number of benzene rings is 4. The Morgan fingerprint density at radius 1 is 0.500 bits per heavy atom. The van der Waals surface area contributed by atoms with E-state index < -0.39 is 0 Å². The predicted octanol–water partition coefficient (Wildman–Crippen LogP) is 5.98. The van der Waals surface area contributed by atoms with Crippen LogP contribution in [0.5, 0.6) is 11.5 Å². The van der Waals surface area contributed by atoms with E-state index in [0.717, 1.165) is 39.3 Å². The van der Waals surface area contributed by atoms with Crippen molar-refractivity contribution >= 4 is 48.1 Å². The lowest BCUT2D eigenvalue weighted by molar-refractivity contribution is 0.288. The predicted molar refractivity (Wildman–Crippen MR) is 225 cm³/mol. The molecule has 0 saturated carbocycles. The molecule has 4 aromatic carbocycles. The maximum absolute atomic E-state index is 11.1. The first-order valence-corrected chi connectivity index (χ1v) is 19.2. The number of aromatic hydroxyl groups is 2. The van der Waals surface area contributed by atoms with Crippen LogP contribution in [0.3, 0.4) is 0 Å². The van der Waals surface area contributed by atoms with Gasteiger partial charge < -0.3 is 20.8 Å². The second-order valence-electron chi connectivity index (χ2n) is 13.0. The summed E-state index contributed by atoms with van der Waals surface area (Å²) in [6.07, 6.45) is 6.69. The van der Waals surface area contributed by atoms with E-state index >= 15 is 0 Å². The lowest BCUT2D eigenvalue weighted by Gasteiger charge is -2.21. The summed E-state index contributed by atoms with van der Waals surface area (Å²) >= 11 is 12.9. The molecule has 4 N–H and O–H groups in total. The summed E-state index contributed by atoms with van der Waals surface area (Å²) in [5.41, 5.74) is 4.65. The summed E-state index contributed by atoms with van der Waals surface area (Å²) in [7, 11) is 0. The van der Waals surface area contributed by atoms with Gasteiger partial charge in [-0.3, -0.25) is 29.8 Å². The molecule has 0 saturated heterocycles. The average molecular weight is 770 g/mol. The molecule has 0 amide bonds. The summed E-state index contributed by atoms with van der Waals surface area (Å²) < 4.78 is 0. The van der Waals surface area contributed by atoms with E-state index in [4.69, 9.17) is 23.2 Å². The first kappa shape index (κ1) is 40.8. The molecule has 10 nitrogen and oxygen atoms in total. The first-order chi connectivity index (χ1) is 26.4. The summed E-state index contributed by atoms with van der Waals surface area (Å²) in [5.74, 6) is 0.195. The van der Waals surface area contributed by atoms with Gasteiger partial charge in [0.15, 0.2) is 0 Å². The fourth-order valence-electron chi connectivity index (χ4n) is 5.93. The molecule has 0 spiro atoms. The lowest BCUT2D eigenvalue weighted by atomic mass is 10.1. The van der Waals surface area contributed by atoms with Crippen LogP contribution < -0.4 is 10.6 Å². The van der Waals surface area contributed by atoms with Crippen LogP contribution in [0.4, 0.5) is 0 Å². The van der Waals surface area contributed by atoms with Gasteiger partial charge in [0.25, 0.3) is 0 Å². The molecule has 4 bridgehead atoms. The fourth-order valence-corrected chi connectivity index (χ4v) is 6.40. The topological polar surface area (TPSA) is 120 Å². The van der Waals surface area contributed by atoms with E-state index in [0.29, 0.717) is 84.7 Å². The highest BCUT2D eigenvalue weighted by atomic mass is 35.5. The van der Waals surface area contributed by atoms with Gasteiger partial charge in [0, 0.05) is 123 Å². The SMILES string of the molecule is Oc1c2cc(Cl)cc1C=NCCN(CCNCc1ccccc1)CCN=Cc1cc(Cl)cc(c1O)C=NCCN(CCNCc1ccccc1)CCN=C2. The Labute approximate surface area is 329 Å². The summed E-state index contributed by atoms with van der Waals surface area (Å²) in [4.78, 5) is 23.2. The monoisotopic (exact) mass is 768 g/mol. The standard InChI is InChI=1S/C42H50Cl2N8O2/c43-39-23-35-29-47-13-19-51(17-11-45-27-33-7-3-1-4-8-33)20-14-48-30-36-24-40(44)26-38(42(36)54)32-50-16-22-52(21-15-49-31-37(25-39)41(35)53)18-12-46-28-34-9-5-2-6-10-34/h1-10,23-26,29-32,45-46,53-54H,11-22,27-28H2. The minimum Gasteiger partial charge on any atom is -0.507 e. The number of nitrogens with one attached hydrogen (secondary N) is 2. The Morgan fingerprint density at radius 3 is 1.13 bits per heavy atom. The number of phenols is 2. The van der Waals surface area contributed by atoms with E-state index in [1.54, 1.807) is 49.1 Å². The van der Waals surface area contributed by atoms with E-state index in [-0.39, 0.29) is 11.5 Å². The van der Waals surface area contributed by atoms with Crippen molar-refractivity contribution in [1.29, 1.82) is 0 Å². The zero-order valence-electron chi connectivity index (χ0n) is 30.6. The zero-order valence-corrected chi connectivity index (χ0v) is 32.1. The number of hydrogen-bond donors (Lipinski definition) is 4.